The van der Waals surface area contributed by atoms with Crippen LogP contribution < -0.4 is 10.6 Å². The summed E-state index contributed by atoms with van der Waals surface area (Å²) in [6.45, 7) is 0. The van der Waals surface area contributed by atoms with Crippen LogP contribution in [0.25, 0.3) is 10.8 Å². The van der Waals surface area contributed by atoms with Gasteiger partial charge in [0.05, 0.1) is 11.4 Å². The number of para-hydroxylation sites is 2. The minimum Gasteiger partial charge on any atom is -0.372 e. The van der Waals surface area contributed by atoms with E-state index in [1.54, 1.807) is 0 Å². The number of anilines is 2. The highest BCUT2D eigenvalue weighted by Gasteiger charge is 2.25. The molecule has 2 N–H and O–H groups in total. The molecule has 0 radical (unpaired) electrons. The molecule has 3 aromatic rings. The van der Waals surface area contributed by atoms with E-state index >= 15 is 0 Å². The molecule has 0 saturated heterocycles. The van der Waals surface area contributed by atoms with E-state index in [1.165, 1.54) is 10.8 Å². The largest absolute Gasteiger partial charge is 0.372 e. The van der Waals surface area contributed by atoms with Gasteiger partial charge in [-0.3, -0.25) is 4.79 Å². The zero-order chi connectivity index (χ0) is 14.9. The lowest BCUT2D eigenvalue weighted by Crippen LogP contribution is -2.40. The Kier molecular flexibility index (Phi) is 3.04. The number of carbonyl (C=O) groups excluding carboxylic acids is 1. The van der Waals surface area contributed by atoms with Crippen molar-refractivity contribution in [1.29, 1.82) is 0 Å². The van der Waals surface area contributed by atoms with Crippen LogP contribution in [0.2, 0.25) is 0 Å². The molecule has 0 fully saturated rings. The standard InChI is InChI=1S/C19H16N2O/c22-19-18(20-16-7-3-4-8-17(16)21-19)12-13-9-10-14-5-1-2-6-15(14)11-13/h1-11,18,20H,12H2,(H,21,22). The molecular weight excluding hydrogens is 272 g/mol. The zero-order valence-corrected chi connectivity index (χ0v) is 12.0. The maximum absolute atomic E-state index is 12.3. The van der Waals surface area contributed by atoms with Gasteiger partial charge >= 0.3 is 0 Å². The van der Waals surface area contributed by atoms with Gasteiger partial charge in [0, 0.05) is 6.42 Å². The van der Waals surface area contributed by atoms with E-state index in [0.29, 0.717) is 6.42 Å². The van der Waals surface area contributed by atoms with Crippen LogP contribution in [0.4, 0.5) is 11.4 Å². The maximum atomic E-state index is 12.3. The van der Waals surface area contributed by atoms with Gasteiger partial charge in [0.15, 0.2) is 0 Å². The molecule has 1 aliphatic heterocycles. The minimum atomic E-state index is -0.240. The Hall–Kier alpha value is -2.81. The van der Waals surface area contributed by atoms with Gasteiger partial charge in [0.2, 0.25) is 5.91 Å². The van der Waals surface area contributed by atoms with Crippen LogP contribution in [-0.2, 0) is 11.2 Å². The number of nitrogens with one attached hydrogen (secondary N) is 2. The Morgan fingerprint density at radius 3 is 2.41 bits per heavy atom. The van der Waals surface area contributed by atoms with Crippen LogP contribution in [0, 0.1) is 0 Å². The highest BCUT2D eigenvalue weighted by atomic mass is 16.2. The fraction of sp³-hybridized carbons (Fsp3) is 0.105. The van der Waals surface area contributed by atoms with E-state index in [4.69, 9.17) is 0 Å². The first-order valence-electron chi connectivity index (χ1n) is 7.44. The molecule has 1 atom stereocenters. The fourth-order valence-corrected chi connectivity index (χ4v) is 2.94. The third kappa shape index (κ3) is 2.31. The lowest BCUT2D eigenvalue weighted by Gasteiger charge is -2.26. The first-order valence-corrected chi connectivity index (χ1v) is 7.44. The summed E-state index contributed by atoms with van der Waals surface area (Å²) in [4.78, 5) is 12.3. The first kappa shape index (κ1) is 12.9. The molecule has 3 aromatic carbocycles. The molecule has 22 heavy (non-hydrogen) atoms. The lowest BCUT2D eigenvalue weighted by atomic mass is 9.99. The Morgan fingerprint density at radius 1 is 0.818 bits per heavy atom. The molecule has 0 spiro atoms. The van der Waals surface area contributed by atoms with Gasteiger partial charge in [-0.15, -0.1) is 0 Å². The monoisotopic (exact) mass is 288 g/mol. The lowest BCUT2D eigenvalue weighted by molar-refractivity contribution is -0.117. The van der Waals surface area contributed by atoms with Crippen LogP contribution in [0.3, 0.4) is 0 Å². The van der Waals surface area contributed by atoms with Crippen molar-refractivity contribution >= 4 is 28.1 Å². The van der Waals surface area contributed by atoms with Gasteiger partial charge in [0.25, 0.3) is 0 Å². The van der Waals surface area contributed by atoms with Crippen molar-refractivity contribution in [2.45, 2.75) is 12.5 Å². The number of amides is 1. The molecular formula is C19H16N2O. The minimum absolute atomic E-state index is 0.0202. The Labute approximate surface area is 129 Å². The van der Waals surface area contributed by atoms with Crippen molar-refractivity contribution in [3.63, 3.8) is 0 Å². The van der Waals surface area contributed by atoms with Crippen molar-refractivity contribution < 1.29 is 4.79 Å². The van der Waals surface area contributed by atoms with E-state index in [2.05, 4.69) is 41.0 Å². The quantitative estimate of drug-likeness (QED) is 0.752. The second-order valence-electron chi connectivity index (χ2n) is 5.62. The number of hydrogen-bond acceptors (Lipinski definition) is 2. The second kappa shape index (κ2) is 5.19. The third-order valence-corrected chi connectivity index (χ3v) is 4.08. The topological polar surface area (TPSA) is 41.1 Å². The predicted molar refractivity (Wildman–Crippen MR) is 90.1 cm³/mol. The molecule has 0 saturated carbocycles. The highest BCUT2D eigenvalue weighted by Crippen LogP contribution is 2.27. The van der Waals surface area contributed by atoms with Gasteiger partial charge < -0.3 is 10.6 Å². The number of hydrogen-bond donors (Lipinski definition) is 2. The maximum Gasteiger partial charge on any atom is 0.247 e. The molecule has 0 bridgehead atoms. The molecule has 3 nitrogen and oxygen atoms in total. The fourth-order valence-electron chi connectivity index (χ4n) is 2.94. The molecule has 3 heteroatoms. The molecule has 1 heterocycles. The molecule has 1 unspecified atom stereocenters. The van der Waals surface area contributed by atoms with Crippen LogP contribution in [0.1, 0.15) is 5.56 Å². The van der Waals surface area contributed by atoms with Crippen LogP contribution in [0.15, 0.2) is 66.7 Å². The molecule has 0 aromatic heterocycles. The number of fused-ring (bicyclic) bond motifs is 2. The smallest absolute Gasteiger partial charge is 0.247 e. The summed E-state index contributed by atoms with van der Waals surface area (Å²) >= 11 is 0. The van der Waals surface area contributed by atoms with Gasteiger partial charge in [-0.05, 0) is 28.5 Å². The number of rotatable bonds is 2. The summed E-state index contributed by atoms with van der Waals surface area (Å²) in [6.07, 6.45) is 0.672. The average molecular weight is 288 g/mol. The van der Waals surface area contributed by atoms with Gasteiger partial charge in [0.1, 0.15) is 6.04 Å². The molecule has 1 aliphatic rings. The molecule has 0 aliphatic carbocycles. The van der Waals surface area contributed by atoms with Crippen LogP contribution in [0.5, 0.6) is 0 Å². The summed E-state index contributed by atoms with van der Waals surface area (Å²) in [6, 6.07) is 22.2. The summed E-state index contributed by atoms with van der Waals surface area (Å²) in [5.41, 5.74) is 2.99. The third-order valence-electron chi connectivity index (χ3n) is 4.08. The summed E-state index contributed by atoms with van der Waals surface area (Å²) in [5.74, 6) is 0.0202. The Bertz CT molecular complexity index is 857. The van der Waals surface area contributed by atoms with Gasteiger partial charge in [-0.25, -0.2) is 0 Å². The van der Waals surface area contributed by atoms with Crippen molar-refractivity contribution in [1.82, 2.24) is 0 Å². The molecule has 108 valence electrons. The predicted octanol–water partition coefficient (Wildman–Crippen LogP) is 3.82. The summed E-state index contributed by atoms with van der Waals surface area (Å²) in [7, 11) is 0. The van der Waals surface area contributed by atoms with Crippen LogP contribution >= 0.6 is 0 Å². The Balaban J connectivity index is 1.61. The van der Waals surface area contributed by atoms with Gasteiger partial charge in [-0.1, -0.05) is 54.6 Å². The highest BCUT2D eigenvalue weighted by molar-refractivity contribution is 6.03. The normalized spacial score (nSPS) is 16.7. The van der Waals surface area contributed by atoms with Crippen molar-refractivity contribution in [2.75, 3.05) is 10.6 Å². The molecule has 1 amide bonds. The van der Waals surface area contributed by atoms with E-state index in [-0.39, 0.29) is 11.9 Å². The van der Waals surface area contributed by atoms with Crippen LogP contribution in [-0.4, -0.2) is 11.9 Å². The van der Waals surface area contributed by atoms with E-state index in [0.717, 1.165) is 16.9 Å². The van der Waals surface area contributed by atoms with Crippen molar-refractivity contribution in [3.05, 3.63) is 72.3 Å². The summed E-state index contributed by atoms with van der Waals surface area (Å²) in [5, 5.41) is 8.72. The van der Waals surface area contributed by atoms with E-state index < -0.39 is 0 Å². The average Bonchev–Trinajstić information content (AvgIpc) is 2.55. The number of benzene rings is 3. The number of carbonyl (C=O) groups is 1. The SMILES string of the molecule is O=C1Nc2ccccc2NC1Cc1ccc2ccccc2c1. The van der Waals surface area contributed by atoms with Crippen molar-refractivity contribution in [2.24, 2.45) is 0 Å². The van der Waals surface area contributed by atoms with Gasteiger partial charge in [-0.2, -0.15) is 0 Å². The Morgan fingerprint density at radius 2 is 1.55 bits per heavy atom. The molecule has 4 rings (SSSR count). The van der Waals surface area contributed by atoms with Crippen molar-refractivity contribution in [3.8, 4) is 0 Å². The first-order chi connectivity index (χ1) is 10.8. The van der Waals surface area contributed by atoms with E-state index in [1.807, 2.05) is 36.4 Å². The summed E-state index contributed by atoms with van der Waals surface area (Å²) < 4.78 is 0. The second-order valence-corrected chi connectivity index (χ2v) is 5.62. The van der Waals surface area contributed by atoms with E-state index in [9.17, 15) is 4.79 Å². The zero-order valence-electron chi connectivity index (χ0n) is 12.0.